The SMILES string of the molecule is Cc1[nH]n2c(=O)cc(CN3CCOCC3)nc2c1-c1ccc(Cl)cc1Cl. The highest BCUT2D eigenvalue weighted by Crippen LogP contribution is 2.34. The normalized spacial score (nSPS) is 15.7. The van der Waals surface area contributed by atoms with Gasteiger partial charge in [0.05, 0.1) is 23.9 Å². The van der Waals surface area contributed by atoms with Crippen LogP contribution in [0.4, 0.5) is 0 Å². The maximum atomic E-state index is 12.6. The van der Waals surface area contributed by atoms with Crippen molar-refractivity contribution in [3.63, 3.8) is 0 Å². The standard InChI is InChI=1S/C18H18Cl2N4O2/c1-11-17(14-3-2-12(19)8-15(14)20)18-21-13(9-16(25)24(18)22-11)10-23-4-6-26-7-5-23/h2-3,8-9,22H,4-7,10H2,1H3. The highest BCUT2D eigenvalue weighted by Gasteiger charge is 2.18. The van der Waals surface area contributed by atoms with Gasteiger partial charge in [-0.1, -0.05) is 29.3 Å². The molecule has 0 atom stereocenters. The fourth-order valence-electron chi connectivity index (χ4n) is 3.28. The van der Waals surface area contributed by atoms with Crippen LogP contribution in [0.3, 0.4) is 0 Å². The molecule has 1 aromatic carbocycles. The summed E-state index contributed by atoms with van der Waals surface area (Å²) in [4.78, 5) is 19.6. The Balaban J connectivity index is 1.82. The lowest BCUT2D eigenvalue weighted by molar-refractivity contribution is 0.0336. The van der Waals surface area contributed by atoms with E-state index in [0.717, 1.165) is 35.6 Å². The van der Waals surface area contributed by atoms with Gasteiger partial charge in [0, 0.05) is 47.5 Å². The van der Waals surface area contributed by atoms with Crippen molar-refractivity contribution in [1.29, 1.82) is 0 Å². The molecule has 3 aromatic rings. The Morgan fingerprint density at radius 3 is 2.73 bits per heavy atom. The number of aromatic amines is 1. The fraction of sp³-hybridized carbons (Fsp3) is 0.333. The first kappa shape index (κ1) is 17.5. The Morgan fingerprint density at radius 2 is 2.00 bits per heavy atom. The van der Waals surface area contributed by atoms with Crippen molar-refractivity contribution in [2.24, 2.45) is 0 Å². The van der Waals surface area contributed by atoms with Crippen molar-refractivity contribution in [3.8, 4) is 11.1 Å². The van der Waals surface area contributed by atoms with Crippen molar-refractivity contribution in [2.75, 3.05) is 26.3 Å². The second-order valence-corrected chi connectivity index (χ2v) is 7.21. The van der Waals surface area contributed by atoms with Crippen LogP contribution >= 0.6 is 23.2 Å². The van der Waals surface area contributed by atoms with E-state index in [9.17, 15) is 4.79 Å². The highest BCUT2D eigenvalue weighted by molar-refractivity contribution is 6.36. The molecule has 0 spiro atoms. The number of morpholine rings is 1. The third-order valence-electron chi connectivity index (χ3n) is 4.54. The van der Waals surface area contributed by atoms with E-state index in [-0.39, 0.29) is 5.56 Å². The van der Waals surface area contributed by atoms with E-state index in [4.69, 9.17) is 32.9 Å². The highest BCUT2D eigenvalue weighted by atomic mass is 35.5. The van der Waals surface area contributed by atoms with Crippen molar-refractivity contribution in [1.82, 2.24) is 19.5 Å². The van der Waals surface area contributed by atoms with Gasteiger partial charge < -0.3 is 4.74 Å². The number of aromatic nitrogens is 3. The summed E-state index contributed by atoms with van der Waals surface area (Å²) in [7, 11) is 0. The number of halogens is 2. The van der Waals surface area contributed by atoms with Crippen LogP contribution < -0.4 is 5.56 Å². The summed E-state index contributed by atoms with van der Waals surface area (Å²) in [5.41, 5.74) is 3.60. The summed E-state index contributed by atoms with van der Waals surface area (Å²) >= 11 is 12.4. The van der Waals surface area contributed by atoms with Gasteiger partial charge >= 0.3 is 0 Å². The predicted octanol–water partition coefficient (Wildman–Crippen LogP) is 3.14. The Labute approximate surface area is 160 Å². The molecule has 0 amide bonds. The van der Waals surface area contributed by atoms with E-state index < -0.39 is 0 Å². The minimum absolute atomic E-state index is 0.141. The number of ether oxygens (including phenoxy) is 1. The lowest BCUT2D eigenvalue weighted by Gasteiger charge is -2.26. The van der Waals surface area contributed by atoms with Gasteiger partial charge in [-0.05, 0) is 19.1 Å². The fourth-order valence-corrected chi connectivity index (χ4v) is 3.78. The number of fused-ring (bicyclic) bond motifs is 1. The predicted molar refractivity (Wildman–Crippen MR) is 102 cm³/mol. The quantitative estimate of drug-likeness (QED) is 0.743. The van der Waals surface area contributed by atoms with Crippen molar-refractivity contribution >= 4 is 28.8 Å². The molecule has 1 aliphatic heterocycles. The average molecular weight is 393 g/mol. The summed E-state index contributed by atoms with van der Waals surface area (Å²) in [6.07, 6.45) is 0. The first-order chi connectivity index (χ1) is 12.5. The number of H-pyrrole nitrogens is 1. The maximum absolute atomic E-state index is 12.6. The summed E-state index contributed by atoms with van der Waals surface area (Å²) in [6.45, 7) is 5.60. The molecule has 3 heterocycles. The van der Waals surface area contributed by atoms with Gasteiger partial charge in [-0.15, -0.1) is 0 Å². The van der Waals surface area contributed by atoms with E-state index in [1.165, 1.54) is 4.52 Å². The largest absolute Gasteiger partial charge is 0.379 e. The first-order valence-electron chi connectivity index (χ1n) is 8.40. The number of nitrogens with one attached hydrogen (secondary N) is 1. The lowest BCUT2D eigenvalue weighted by atomic mass is 10.1. The third-order valence-corrected chi connectivity index (χ3v) is 5.09. The molecule has 136 valence electrons. The van der Waals surface area contributed by atoms with Crippen LogP contribution in [0.2, 0.25) is 10.0 Å². The smallest absolute Gasteiger partial charge is 0.272 e. The number of benzene rings is 1. The Hall–Kier alpha value is -1.86. The molecule has 26 heavy (non-hydrogen) atoms. The summed E-state index contributed by atoms with van der Waals surface area (Å²) in [5, 5.41) is 4.17. The zero-order valence-corrected chi connectivity index (χ0v) is 15.8. The van der Waals surface area contributed by atoms with Gasteiger partial charge in [0.2, 0.25) is 0 Å². The molecule has 0 unspecified atom stereocenters. The topological polar surface area (TPSA) is 62.6 Å². The average Bonchev–Trinajstić information content (AvgIpc) is 2.93. The molecule has 0 saturated carbocycles. The van der Waals surface area contributed by atoms with E-state index in [1.54, 1.807) is 18.2 Å². The van der Waals surface area contributed by atoms with Crippen LogP contribution in [0.5, 0.6) is 0 Å². The van der Waals surface area contributed by atoms with E-state index >= 15 is 0 Å². The van der Waals surface area contributed by atoms with Gasteiger partial charge in [-0.25, -0.2) is 9.50 Å². The van der Waals surface area contributed by atoms with Crippen molar-refractivity contribution in [2.45, 2.75) is 13.5 Å². The number of nitrogens with zero attached hydrogens (tertiary/aromatic N) is 3. The molecule has 2 aromatic heterocycles. The molecule has 8 heteroatoms. The van der Waals surface area contributed by atoms with Gasteiger partial charge in [0.1, 0.15) is 0 Å². The summed E-state index contributed by atoms with van der Waals surface area (Å²) in [6, 6.07) is 6.89. The Bertz CT molecular complexity index is 1020. The molecule has 0 aliphatic carbocycles. The Morgan fingerprint density at radius 1 is 1.23 bits per heavy atom. The number of hydrogen-bond acceptors (Lipinski definition) is 4. The second-order valence-electron chi connectivity index (χ2n) is 6.37. The molecule has 1 fully saturated rings. The van der Waals surface area contributed by atoms with E-state index in [2.05, 4.69) is 10.00 Å². The van der Waals surface area contributed by atoms with Crippen LogP contribution in [0.1, 0.15) is 11.4 Å². The molecule has 0 radical (unpaired) electrons. The first-order valence-corrected chi connectivity index (χ1v) is 9.15. The van der Waals surface area contributed by atoms with Crippen LogP contribution in [0.25, 0.3) is 16.8 Å². The number of hydrogen-bond donors (Lipinski definition) is 1. The molecule has 0 bridgehead atoms. The van der Waals surface area contributed by atoms with Crippen LogP contribution in [-0.4, -0.2) is 45.8 Å². The van der Waals surface area contributed by atoms with Crippen LogP contribution in [0.15, 0.2) is 29.1 Å². The summed E-state index contributed by atoms with van der Waals surface area (Å²) in [5.74, 6) is 0. The molecule has 6 nitrogen and oxygen atoms in total. The van der Waals surface area contributed by atoms with Gasteiger partial charge in [-0.3, -0.25) is 14.8 Å². The minimum Gasteiger partial charge on any atom is -0.379 e. The molecule has 1 N–H and O–H groups in total. The molecule has 1 saturated heterocycles. The monoisotopic (exact) mass is 392 g/mol. The van der Waals surface area contributed by atoms with Gasteiger partial charge in [0.25, 0.3) is 5.56 Å². The zero-order chi connectivity index (χ0) is 18.3. The van der Waals surface area contributed by atoms with Crippen LogP contribution in [0, 0.1) is 6.92 Å². The van der Waals surface area contributed by atoms with E-state index in [0.29, 0.717) is 35.5 Å². The van der Waals surface area contributed by atoms with Crippen molar-refractivity contribution < 1.29 is 4.74 Å². The van der Waals surface area contributed by atoms with Crippen LogP contribution in [-0.2, 0) is 11.3 Å². The minimum atomic E-state index is -0.141. The van der Waals surface area contributed by atoms with E-state index in [1.807, 2.05) is 13.0 Å². The third kappa shape index (κ3) is 3.25. The molecule has 1 aliphatic rings. The lowest BCUT2D eigenvalue weighted by Crippen LogP contribution is -2.36. The number of aryl methyl sites for hydroxylation is 1. The molecular weight excluding hydrogens is 375 g/mol. The van der Waals surface area contributed by atoms with Crippen molar-refractivity contribution in [3.05, 3.63) is 56.1 Å². The van der Waals surface area contributed by atoms with Gasteiger partial charge in [-0.2, -0.15) is 0 Å². The number of rotatable bonds is 3. The molecular formula is C18H18Cl2N4O2. The Kier molecular flexibility index (Phi) is 4.75. The maximum Gasteiger partial charge on any atom is 0.272 e. The molecule has 4 rings (SSSR count). The zero-order valence-electron chi connectivity index (χ0n) is 14.3. The second kappa shape index (κ2) is 7.04. The van der Waals surface area contributed by atoms with Gasteiger partial charge in [0.15, 0.2) is 5.65 Å². The summed E-state index contributed by atoms with van der Waals surface area (Å²) < 4.78 is 6.83.